The molecule has 0 radical (unpaired) electrons. The van der Waals surface area contributed by atoms with E-state index in [0.717, 1.165) is 25.7 Å². The van der Waals surface area contributed by atoms with Crippen LogP contribution in [0.2, 0.25) is 0 Å². The lowest BCUT2D eigenvalue weighted by Gasteiger charge is -2.56. The predicted octanol–water partition coefficient (Wildman–Crippen LogP) is 4.45. The molecule has 0 N–H and O–H groups in total. The first-order chi connectivity index (χ1) is 14.6. The lowest BCUT2D eigenvalue weighted by Crippen LogP contribution is -2.65. The lowest BCUT2D eigenvalue weighted by molar-refractivity contribution is -0.321. The highest BCUT2D eigenvalue weighted by atomic mass is 16.7. The van der Waals surface area contributed by atoms with Gasteiger partial charge in [-0.1, -0.05) is 12.7 Å². The normalized spacial score (nSPS) is 42.6. The number of hydrogen-bond donors (Lipinski definition) is 0. The summed E-state index contributed by atoms with van der Waals surface area (Å²) in [5.74, 6) is 1.62. The molecule has 0 amide bonds. The summed E-state index contributed by atoms with van der Waals surface area (Å²) in [6.07, 6.45) is 10.7. The van der Waals surface area contributed by atoms with Crippen LogP contribution < -0.4 is 0 Å². The van der Waals surface area contributed by atoms with Crippen LogP contribution in [-0.4, -0.2) is 44.9 Å². The Balaban J connectivity index is 1.67. The van der Waals surface area contributed by atoms with E-state index in [2.05, 4.69) is 19.2 Å². The second kappa shape index (κ2) is 8.67. The van der Waals surface area contributed by atoms with Gasteiger partial charge in [-0.25, -0.2) is 0 Å². The summed E-state index contributed by atoms with van der Waals surface area (Å²) < 4.78 is 36.7. The molecular weight excluding hydrogens is 384 g/mol. The molecule has 166 valence electrons. The van der Waals surface area contributed by atoms with Gasteiger partial charge in [0.1, 0.15) is 37.4 Å². The van der Waals surface area contributed by atoms with Crippen molar-refractivity contribution in [2.24, 2.45) is 16.7 Å². The molecule has 2 spiro atoms. The Kier molecular flexibility index (Phi) is 6.16. The Morgan fingerprint density at radius 2 is 1.43 bits per heavy atom. The van der Waals surface area contributed by atoms with Crippen LogP contribution in [0.5, 0.6) is 0 Å². The van der Waals surface area contributed by atoms with E-state index in [0.29, 0.717) is 44.2 Å². The van der Waals surface area contributed by atoms with Gasteiger partial charge in [0.15, 0.2) is 6.29 Å². The highest BCUT2D eigenvalue weighted by Gasteiger charge is 2.60. The molecule has 0 aromatic rings. The van der Waals surface area contributed by atoms with Crippen molar-refractivity contribution in [1.82, 2.24) is 0 Å². The maximum Gasteiger partial charge on any atom is 0.275 e. The van der Waals surface area contributed by atoms with E-state index < -0.39 is 11.7 Å². The molecule has 4 fully saturated rings. The Labute approximate surface area is 179 Å². The van der Waals surface area contributed by atoms with Gasteiger partial charge in [0.25, 0.3) is 11.9 Å². The molecule has 4 rings (SSSR count). The van der Waals surface area contributed by atoms with Gasteiger partial charge < -0.3 is 28.4 Å². The van der Waals surface area contributed by atoms with Crippen molar-refractivity contribution in [2.75, 3.05) is 26.4 Å². The maximum absolute atomic E-state index is 6.51. The summed E-state index contributed by atoms with van der Waals surface area (Å²) in [7, 11) is 0. The fourth-order valence-corrected chi connectivity index (χ4v) is 5.10. The summed E-state index contributed by atoms with van der Waals surface area (Å²) in [6, 6.07) is 0. The van der Waals surface area contributed by atoms with Crippen LogP contribution in [0.25, 0.3) is 0 Å². The van der Waals surface area contributed by atoms with Crippen molar-refractivity contribution < 1.29 is 28.4 Å². The van der Waals surface area contributed by atoms with Gasteiger partial charge in [0, 0.05) is 5.41 Å². The number of hydrogen-bond acceptors (Lipinski definition) is 6. The summed E-state index contributed by atoms with van der Waals surface area (Å²) >= 11 is 0. The molecule has 3 unspecified atom stereocenters. The third-order valence-electron chi connectivity index (χ3n) is 7.07. The molecule has 1 aliphatic carbocycles. The second-order valence-electron chi connectivity index (χ2n) is 8.89. The largest absolute Gasteiger partial charge is 0.465 e. The van der Waals surface area contributed by atoms with E-state index in [9.17, 15) is 0 Å². The van der Waals surface area contributed by atoms with Crippen molar-refractivity contribution in [1.29, 1.82) is 0 Å². The zero-order chi connectivity index (χ0) is 21.2. The van der Waals surface area contributed by atoms with Crippen molar-refractivity contribution in [3.63, 3.8) is 0 Å². The number of rotatable bonds is 3. The molecule has 3 aliphatic heterocycles. The summed E-state index contributed by atoms with van der Waals surface area (Å²) in [6.45, 7) is 13.7. The minimum absolute atomic E-state index is 0.131. The van der Waals surface area contributed by atoms with E-state index in [1.165, 1.54) is 0 Å². The molecule has 3 saturated heterocycles. The van der Waals surface area contributed by atoms with Gasteiger partial charge in [0.2, 0.25) is 0 Å². The van der Waals surface area contributed by atoms with Crippen molar-refractivity contribution in [3.05, 3.63) is 49.4 Å². The maximum atomic E-state index is 6.51. The van der Waals surface area contributed by atoms with Gasteiger partial charge in [0.05, 0.1) is 6.61 Å². The predicted molar refractivity (Wildman–Crippen MR) is 112 cm³/mol. The third kappa shape index (κ3) is 3.76. The van der Waals surface area contributed by atoms with Crippen LogP contribution >= 0.6 is 0 Å². The first-order valence-corrected chi connectivity index (χ1v) is 11.0. The zero-order valence-electron chi connectivity index (χ0n) is 18.1. The van der Waals surface area contributed by atoms with Crippen LogP contribution in [0.3, 0.4) is 0 Å². The molecule has 0 bridgehead atoms. The Morgan fingerprint density at radius 1 is 0.800 bits per heavy atom. The Bertz CT molecular complexity index is 676. The van der Waals surface area contributed by atoms with Crippen LogP contribution in [-0.2, 0) is 28.4 Å². The topological polar surface area (TPSA) is 55.4 Å². The number of allylic oxidation sites excluding steroid dienone is 3. The SMILES string of the molecule is C=CC1CCC2(CC1)COC(C=C)OC2C1OC(=CC)OCC12COC(=CC)OC2. The number of ether oxygens (including phenoxy) is 6. The van der Waals surface area contributed by atoms with Gasteiger partial charge in [-0.15, -0.1) is 6.58 Å². The van der Waals surface area contributed by atoms with E-state index in [1.807, 2.05) is 26.0 Å². The van der Waals surface area contributed by atoms with Gasteiger partial charge in [-0.2, -0.15) is 0 Å². The molecule has 6 nitrogen and oxygen atoms in total. The third-order valence-corrected chi connectivity index (χ3v) is 7.07. The monoisotopic (exact) mass is 418 g/mol. The van der Waals surface area contributed by atoms with Crippen molar-refractivity contribution >= 4 is 0 Å². The molecule has 0 aromatic heterocycles. The van der Waals surface area contributed by atoms with Crippen LogP contribution in [0.15, 0.2) is 49.4 Å². The van der Waals surface area contributed by atoms with E-state index in [-0.39, 0.29) is 17.6 Å². The minimum Gasteiger partial charge on any atom is -0.465 e. The standard InChI is InChI=1S/C24H34O6/c1-5-17-9-11-23(12-10-17)13-27-19(7-3)29-21(23)22-24(16-28-20(8-4)30-22)14-25-18(6-2)26-15-24/h5-8,17,19,21-22H,1,3,9-16H2,2,4H3. The van der Waals surface area contributed by atoms with E-state index in [4.69, 9.17) is 28.4 Å². The fourth-order valence-electron chi connectivity index (χ4n) is 5.10. The van der Waals surface area contributed by atoms with E-state index >= 15 is 0 Å². The van der Waals surface area contributed by atoms with Crippen LogP contribution in [0, 0.1) is 16.7 Å². The minimum atomic E-state index is -0.463. The molecule has 4 aliphatic rings. The highest BCUT2D eigenvalue weighted by molar-refractivity contribution is 5.09. The Hall–Kier alpha value is -1.92. The summed E-state index contributed by atoms with van der Waals surface area (Å²) in [5.41, 5.74) is -0.594. The highest BCUT2D eigenvalue weighted by Crippen LogP contribution is 2.52. The molecule has 6 heteroatoms. The van der Waals surface area contributed by atoms with Gasteiger partial charge in [-0.3, -0.25) is 0 Å². The lowest BCUT2D eigenvalue weighted by atomic mass is 9.62. The smallest absolute Gasteiger partial charge is 0.275 e. The molecule has 3 atom stereocenters. The molecule has 30 heavy (non-hydrogen) atoms. The van der Waals surface area contributed by atoms with Crippen LogP contribution in [0.4, 0.5) is 0 Å². The quantitative estimate of drug-likeness (QED) is 0.632. The van der Waals surface area contributed by atoms with E-state index in [1.54, 1.807) is 6.08 Å². The molecule has 3 heterocycles. The van der Waals surface area contributed by atoms with Crippen molar-refractivity contribution in [2.45, 2.75) is 58.0 Å². The molecule has 0 aromatic carbocycles. The average Bonchev–Trinajstić information content (AvgIpc) is 2.81. The van der Waals surface area contributed by atoms with Crippen molar-refractivity contribution in [3.8, 4) is 0 Å². The van der Waals surface area contributed by atoms with Gasteiger partial charge >= 0.3 is 0 Å². The Morgan fingerprint density at radius 3 is 2.00 bits per heavy atom. The first-order valence-electron chi connectivity index (χ1n) is 11.0. The second-order valence-corrected chi connectivity index (χ2v) is 8.89. The zero-order valence-corrected chi connectivity index (χ0v) is 18.1. The average molecular weight is 419 g/mol. The summed E-state index contributed by atoms with van der Waals surface area (Å²) in [4.78, 5) is 0. The first kappa shape index (κ1) is 21.3. The molecular formula is C24H34O6. The summed E-state index contributed by atoms with van der Waals surface area (Å²) in [5, 5.41) is 0. The fraction of sp³-hybridized carbons (Fsp3) is 0.667. The van der Waals surface area contributed by atoms with Gasteiger partial charge in [-0.05, 0) is 63.7 Å². The van der Waals surface area contributed by atoms with Crippen LogP contribution in [0.1, 0.15) is 39.5 Å². The molecule has 1 saturated carbocycles.